The van der Waals surface area contributed by atoms with Crippen LogP contribution in [-0.2, 0) is 18.5 Å². The average Bonchev–Trinajstić information content (AvgIpc) is 3.01. The summed E-state index contributed by atoms with van der Waals surface area (Å²) in [5.41, 5.74) is 1.06. The smallest absolute Gasteiger partial charge is 0.213 e. The molecule has 0 radical (unpaired) electrons. The zero-order valence-corrected chi connectivity index (χ0v) is 15.4. The van der Waals surface area contributed by atoms with E-state index >= 15 is 0 Å². The summed E-state index contributed by atoms with van der Waals surface area (Å²) in [4.78, 5) is 8.88. The van der Waals surface area contributed by atoms with Gasteiger partial charge in [0, 0.05) is 17.0 Å². The number of guanidine groups is 1. The molecule has 0 aliphatic rings. The fraction of sp³-hybridized carbons (Fsp3) is 0.444. The van der Waals surface area contributed by atoms with Crippen molar-refractivity contribution < 1.29 is 4.42 Å². The minimum Gasteiger partial charge on any atom is -0.443 e. The molecule has 24 heavy (non-hydrogen) atoms. The van der Waals surface area contributed by atoms with Gasteiger partial charge in [0.05, 0.1) is 19.3 Å². The van der Waals surface area contributed by atoms with E-state index in [2.05, 4.69) is 41.4 Å². The first-order valence-corrected chi connectivity index (χ1v) is 8.48. The molecule has 0 atom stereocenters. The first-order valence-electron chi connectivity index (χ1n) is 8.10. The lowest BCUT2D eigenvalue weighted by Gasteiger charge is -2.13. The Hall–Kier alpha value is -2.01. The number of nitrogens with one attached hydrogen (secondary N) is 2. The summed E-state index contributed by atoms with van der Waals surface area (Å²) in [5.74, 6) is 2.25. The highest BCUT2D eigenvalue weighted by Gasteiger charge is 2.19. The van der Waals surface area contributed by atoms with Gasteiger partial charge in [0.25, 0.3) is 0 Å². The van der Waals surface area contributed by atoms with Crippen LogP contribution in [0.1, 0.15) is 44.9 Å². The molecule has 2 aromatic rings. The summed E-state index contributed by atoms with van der Waals surface area (Å²) < 4.78 is 5.78. The van der Waals surface area contributed by atoms with Crippen molar-refractivity contribution in [3.8, 4) is 0 Å². The van der Waals surface area contributed by atoms with Gasteiger partial charge in [0.1, 0.15) is 5.76 Å². The Bertz CT molecular complexity index is 671. The van der Waals surface area contributed by atoms with Crippen LogP contribution < -0.4 is 10.6 Å². The number of rotatable bonds is 5. The summed E-state index contributed by atoms with van der Waals surface area (Å²) in [6, 6.07) is 7.68. The van der Waals surface area contributed by atoms with Crippen LogP contribution in [-0.4, -0.2) is 17.5 Å². The molecular formula is C18H25ClN4O. The highest BCUT2D eigenvalue weighted by Crippen LogP contribution is 2.22. The molecule has 6 heteroatoms. The SMILES string of the molecule is CCNC(=NCc1ccc(Cl)cc1)NCc1ncc(C(C)(C)C)o1. The molecular weight excluding hydrogens is 324 g/mol. The topological polar surface area (TPSA) is 62.5 Å². The van der Waals surface area contributed by atoms with Crippen LogP contribution in [0, 0.1) is 0 Å². The molecule has 0 fully saturated rings. The van der Waals surface area contributed by atoms with Gasteiger partial charge in [0.15, 0.2) is 5.96 Å². The predicted molar refractivity (Wildman–Crippen MR) is 98.3 cm³/mol. The second-order valence-corrected chi connectivity index (χ2v) is 6.98. The van der Waals surface area contributed by atoms with Crippen LogP contribution in [0.25, 0.3) is 0 Å². The molecule has 0 saturated heterocycles. The second kappa shape index (κ2) is 8.20. The fourth-order valence-corrected chi connectivity index (χ4v) is 2.13. The molecule has 130 valence electrons. The van der Waals surface area contributed by atoms with Gasteiger partial charge < -0.3 is 15.1 Å². The third kappa shape index (κ3) is 5.57. The molecule has 5 nitrogen and oxygen atoms in total. The second-order valence-electron chi connectivity index (χ2n) is 6.54. The fourth-order valence-electron chi connectivity index (χ4n) is 2.00. The summed E-state index contributed by atoms with van der Waals surface area (Å²) in [5, 5.41) is 7.18. The number of oxazole rings is 1. The third-order valence-electron chi connectivity index (χ3n) is 3.38. The van der Waals surface area contributed by atoms with E-state index in [0.29, 0.717) is 19.0 Å². The van der Waals surface area contributed by atoms with Crippen molar-refractivity contribution in [1.82, 2.24) is 15.6 Å². The van der Waals surface area contributed by atoms with Crippen molar-refractivity contribution in [2.45, 2.75) is 46.2 Å². The maximum atomic E-state index is 5.90. The lowest BCUT2D eigenvalue weighted by molar-refractivity contribution is 0.379. The molecule has 2 rings (SSSR count). The minimum atomic E-state index is -0.0432. The van der Waals surface area contributed by atoms with Gasteiger partial charge in [-0.2, -0.15) is 0 Å². The summed E-state index contributed by atoms with van der Waals surface area (Å²) in [6.07, 6.45) is 1.79. The van der Waals surface area contributed by atoms with Crippen LogP contribution in [0.5, 0.6) is 0 Å². The normalized spacial score (nSPS) is 12.3. The van der Waals surface area contributed by atoms with Crippen molar-refractivity contribution in [1.29, 1.82) is 0 Å². The molecule has 0 bridgehead atoms. The van der Waals surface area contributed by atoms with Gasteiger partial charge in [-0.15, -0.1) is 0 Å². The van der Waals surface area contributed by atoms with Crippen LogP contribution in [0.15, 0.2) is 39.9 Å². The largest absolute Gasteiger partial charge is 0.443 e. The first-order chi connectivity index (χ1) is 11.4. The number of hydrogen-bond donors (Lipinski definition) is 2. The van der Waals surface area contributed by atoms with Gasteiger partial charge in [-0.1, -0.05) is 44.5 Å². The van der Waals surface area contributed by atoms with E-state index in [4.69, 9.17) is 16.0 Å². The molecule has 1 aromatic heterocycles. The minimum absolute atomic E-state index is 0.0432. The van der Waals surface area contributed by atoms with Crippen molar-refractivity contribution in [3.05, 3.63) is 52.7 Å². The number of halogens is 1. The standard InChI is InChI=1S/C18H25ClN4O/c1-5-20-17(22-10-13-6-8-14(19)9-7-13)23-12-16-21-11-15(24-16)18(2,3)4/h6-9,11H,5,10,12H2,1-4H3,(H2,20,22,23). The molecule has 1 heterocycles. The summed E-state index contributed by atoms with van der Waals surface area (Å²) in [7, 11) is 0. The van der Waals surface area contributed by atoms with E-state index in [9.17, 15) is 0 Å². The number of aliphatic imine (C=N–C) groups is 1. The molecule has 0 saturated carbocycles. The van der Waals surface area contributed by atoms with Gasteiger partial charge >= 0.3 is 0 Å². The number of aromatic nitrogens is 1. The Balaban J connectivity index is 1.96. The van der Waals surface area contributed by atoms with Crippen molar-refractivity contribution >= 4 is 17.6 Å². The highest BCUT2D eigenvalue weighted by molar-refractivity contribution is 6.30. The van der Waals surface area contributed by atoms with Crippen molar-refractivity contribution in [2.75, 3.05) is 6.54 Å². The van der Waals surface area contributed by atoms with E-state index in [1.165, 1.54) is 0 Å². The van der Waals surface area contributed by atoms with Crippen LogP contribution in [0.2, 0.25) is 5.02 Å². The number of nitrogens with zero attached hydrogens (tertiary/aromatic N) is 2. The van der Waals surface area contributed by atoms with Crippen molar-refractivity contribution in [3.63, 3.8) is 0 Å². The lowest BCUT2D eigenvalue weighted by Crippen LogP contribution is -2.36. The predicted octanol–water partition coefficient (Wildman–Crippen LogP) is 3.88. The van der Waals surface area contributed by atoms with E-state index in [1.807, 2.05) is 31.2 Å². The van der Waals surface area contributed by atoms with Gasteiger partial charge in [0.2, 0.25) is 5.89 Å². The van der Waals surface area contributed by atoms with Gasteiger partial charge in [-0.3, -0.25) is 0 Å². The van der Waals surface area contributed by atoms with Crippen LogP contribution in [0.4, 0.5) is 0 Å². The quantitative estimate of drug-likeness (QED) is 0.635. The lowest BCUT2D eigenvalue weighted by atomic mass is 9.94. The maximum absolute atomic E-state index is 5.90. The number of benzene rings is 1. The molecule has 0 unspecified atom stereocenters. The Morgan fingerprint density at radius 2 is 1.92 bits per heavy atom. The average molecular weight is 349 g/mol. The highest BCUT2D eigenvalue weighted by atomic mass is 35.5. The Labute approximate surface area is 148 Å². The molecule has 0 aliphatic heterocycles. The first kappa shape index (κ1) is 18.3. The van der Waals surface area contributed by atoms with Gasteiger partial charge in [-0.25, -0.2) is 9.98 Å². The summed E-state index contributed by atoms with van der Waals surface area (Å²) >= 11 is 5.90. The van der Waals surface area contributed by atoms with Gasteiger partial charge in [-0.05, 0) is 24.6 Å². The van der Waals surface area contributed by atoms with E-state index in [0.717, 1.165) is 28.9 Å². The zero-order chi connectivity index (χ0) is 17.6. The van der Waals surface area contributed by atoms with Crippen LogP contribution in [0.3, 0.4) is 0 Å². The molecule has 1 aromatic carbocycles. The molecule has 0 spiro atoms. The van der Waals surface area contributed by atoms with Crippen molar-refractivity contribution in [2.24, 2.45) is 4.99 Å². The molecule has 2 N–H and O–H groups in total. The molecule has 0 aliphatic carbocycles. The zero-order valence-electron chi connectivity index (χ0n) is 14.7. The maximum Gasteiger partial charge on any atom is 0.213 e. The summed E-state index contributed by atoms with van der Waals surface area (Å²) in [6.45, 7) is 10.2. The Morgan fingerprint density at radius 3 is 2.50 bits per heavy atom. The molecule has 0 amide bonds. The monoisotopic (exact) mass is 348 g/mol. The third-order valence-corrected chi connectivity index (χ3v) is 3.63. The van der Waals surface area contributed by atoms with E-state index in [1.54, 1.807) is 6.20 Å². The number of hydrogen-bond acceptors (Lipinski definition) is 3. The van der Waals surface area contributed by atoms with E-state index < -0.39 is 0 Å². The van der Waals surface area contributed by atoms with Crippen LogP contribution >= 0.6 is 11.6 Å². The Kier molecular flexibility index (Phi) is 6.26. The Morgan fingerprint density at radius 1 is 1.21 bits per heavy atom. The van der Waals surface area contributed by atoms with E-state index in [-0.39, 0.29) is 5.41 Å².